The molecule has 0 radical (unpaired) electrons. The van der Waals surface area contributed by atoms with Gasteiger partial charge in [0.1, 0.15) is 6.61 Å². The molecule has 88 valence electrons. The van der Waals surface area contributed by atoms with E-state index in [0.717, 1.165) is 13.1 Å². The Labute approximate surface area is 92.2 Å². The van der Waals surface area contributed by atoms with Crippen LogP contribution in [0, 0.1) is 0 Å². The summed E-state index contributed by atoms with van der Waals surface area (Å²) in [6.45, 7) is 5.45. The number of methoxy groups -OCH3 is 1. The maximum Gasteiger partial charge on any atom is 0.248 e. The number of rotatable bonds is 5. The van der Waals surface area contributed by atoms with E-state index in [1.807, 2.05) is 7.05 Å². The lowest BCUT2D eigenvalue weighted by molar-refractivity contribution is -0.134. The number of amides is 1. The second kappa shape index (κ2) is 6.08. The van der Waals surface area contributed by atoms with Gasteiger partial charge in [-0.2, -0.15) is 0 Å². The Morgan fingerprint density at radius 3 is 2.93 bits per heavy atom. The second-order valence-electron chi connectivity index (χ2n) is 4.13. The third kappa shape index (κ3) is 3.47. The second-order valence-corrected chi connectivity index (χ2v) is 4.13. The summed E-state index contributed by atoms with van der Waals surface area (Å²) in [6.07, 6.45) is 2.46. The Morgan fingerprint density at radius 1 is 1.60 bits per heavy atom. The fourth-order valence-corrected chi connectivity index (χ4v) is 2.17. The molecule has 1 amide bonds. The molecule has 1 unspecified atom stereocenters. The van der Waals surface area contributed by atoms with E-state index in [1.165, 1.54) is 19.4 Å². The summed E-state index contributed by atoms with van der Waals surface area (Å²) in [5.74, 6) is 0.0699. The molecule has 0 aromatic carbocycles. The molecular formula is C11H22N2O2. The van der Waals surface area contributed by atoms with Gasteiger partial charge in [0.05, 0.1) is 0 Å². The van der Waals surface area contributed by atoms with Crippen LogP contribution in [0.15, 0.2) is 0 Å². The highest BCUT2D eigenvalue weighted by molar-refractivity contribution is 5.77. The van der Waals surface area contributed by atoms with Crippen LogP contribution in [0.4, 0.5) is 0 Å². The van der Waals surface area contributed by atoms with Gasteiger partial charge in [0.25, 0.3) is 0 Å². The normalized spacial score (nSPS) is 21.9. The van der Waals surface area contributed by atoms with E-state index >= 15 is 0 Å². The number of likely N-dealkylation sites (N-methyl/N-ethyl adjacent to an activating group) is 2. The lowest BCUT2D eigenvalue weighted by Gasteiger charge is -2.27. The molecule has 0 saturated carbocycles. The lowest BCUT2D eigenvalue weighted by Crippen LogP contribution is -2.42. The Hall–Kier alpha value is -0.610. The minimum Gasteiger partial charge on any atom is -0.375 e. The van der Waals surface area contributed by atoms with Gasteiger partial charge in [-0.05, 0) is 25.9 Å². The molecule has 1 heterocycles. The Bertz CT molecular complexity index is 209. The summed E-state index contributed by atoms with van der Waals surface area (Å²) in [7, 11) is 3.41. The van der Waals surface area contributed by atoms with Gasteiger partial charge in [-0.3, -0.25) is 9.69 Å². The van der Waals surface area contributed by atoms with Crippen LogP contribution >= 0.6 is 0 Å². The van der Waals surface area contributed by atoms with Crippen molar-refractivity contribution in [3.8, 4) is 0 Å². The number of carbonyl (C=O) groups excluding carboxylic acids is 1. The summed E-state index contributed by atoms with van der Waals surface area (Å²) in [4.78, 5) is 15.7. The van der Waals surface area contributed by atoms with Crippen LogP contribution in [0.1, 0.15) is 19.8 Å². The predicted octanol–water partition coefficient (Wildman–Crippen LogP) is 0.575. The topological polar surface area (TPSA) is 32.8 Å². The van der Waals surface area contributed by atoms with Crippen molar-refractivity contribution in [2.75, 3.05) is 40.4 Å². The van der Waals surface area contributed by atoms with E-state index in [4.69, 9.17) is 4.74 Å². The van der Waals surface area contributed by atoms with Crippen LogP contribution in [0.3, 0.4) is 0 Å². The van der Waals surface area contributed by atoms with Crippen LogP contribution in [0.25, 0.3) is 0 Å². The molecule has 0 aliphatic carbocycles. The first-order chi connectivity index (χ1) is 7.19. The molecule has 1 fully saturated rings. The van der Waals surface area contributed by atoms with Crippen molar-refractivity contribution in [3.63, 3.8) is 0 Å². The molecule has 1 saturated heterocycles. The van der Waals surface area contributed by atoms with Gasteiger partial charge in [0, 0.05) is 26.7 Å². The van der Waals surface area contributed by atoms with Crippen LogP contribution in [-0.2, 0) is 9.53 Å². The highest BCUT2D eigenvalue weighted by atomic mass is 16.5. The largest absolute Gasteiger partial charge is 0.375 e. The molecule has 4 nitrogen and oxygen atoms in total. The molecule has 0 N–H and O–H groups in total. The van der Waals surface area contributed by atoms with Crippen LogP contribution in [0.5, 0.6) is 0 Å². The van der Waals surface area contributed by atoms with Gasteiger partial charge >= 0.3 is 0 Å². The average Bonchev–Trinajstić information content (AvgIpc) is 2.65. The molecule has 0 spiro atoms. The fraction of sp³-hybridized carbons (Fsp3) is 0.909. The Balaban J connectivity index is 2.36. The van der Waals surface area contributed by atoms with Gasteiger partial charge in [-0.1, -0.05) is 6.92 Å². The number of hydrogen-bond acceptors (Lipinski definition) is 3. The first-order valence-electron chi connectivity index (χ1n) is 5.66. The molecule has 1 aliphatic heterocycles. The molecule has 0 aromatic rings. The van der Waals surface area contributed by atoms with Gasteiger partial charge in [-0.15, -0.1) is 0 Å². The molecule has 1 atom stereocenters. The third-order valence-corrected chi connectivity index (χ3v) is 3.08. The van der Waals surface area contributed by atoms with Gasteiger partial charge < -0.3 is 9.64 Å². The number of nitrogens with zero attached hydrogens (tertiary/aromatic N) is 2. The van der Waals surface area contributed by atoms with E-state index < -0.39 is 0 Å². The van der Waals surface area contributed by atoms with E-state index in [9.17, 15) is 4.79 Å². The fourth-order valence-electron chi connectivity index (χ4n) is 2.17. The first-order valence-corrected chi connectivity index (χ1v) is 5.66. The Morgan fingerprint density at radius 2 is 2.33 bits per heavy atom. The number of likely N-dealkylation sites (tertiary alicyclic amines) is 1. The van der Waals surface area contributed by atoms with Crippen molar-refractivity contribution < 1.29 is 9.53 Å². The van der Waals surface area contributed by atoms with Gasteiger partial charge in [0.2, 0.25) is 5.91 Å². The molecule has 0 aromatic heterocycles. The third-order valence-electron chi connectivity index (χ3n) is 3.08. The maximum absolute atomic E-state index is 11.5. The van der Waals surface area contributed by atoms with Crippen molar-refractivity contribution in [1.82, 2.24) is 9.80 Å². The highest BCUT2D eigenvalue weighted by Gasteiger charge is 2.25. The lowest BCUT2D eigenvalue weighted by atomic mass is 10.2. The van der Waals surface area contributed by atoms with Crippen molar-refractivity contribution in [2.45, 2.75) is 25.8 Å². The summed E-state index contributed by atoms with van der Waals surface area (Å²) in [6, 6.07) is 0.542. The van der Waals surface area contributed by atoms with Crippen LogP contribution in [0.2, 0.25) is 0 Å². The van der Waals surface area contributed by atoms with Crippen molar-refractivity contribution in [2.24, 2.45) is 0 Å². The molecule has 15 heavy (non-hydrogen) atoms. The molecule has 4 heteroatoms. The monoisotopic (exact) mass is 214 g/mol. The van der Waals surface area contributed by atoms with E-state index in [1.54, 1.807) is 12.0 Å². The van der Waals surface area contributed by atoms with Gasteiger partial charge in [0.15, 0.2) is 0 Å². The molecular weight excluding hydrogens is 192 g/mol. The van der Waals surface area contributed by atoms with E-state index in [2.05, 4.69) is 11.8 Å². The minimum atomic E-state index is 0.0699. The van der Waals surface area contributed by atoms with Crippen LogP contribution < -0.4 is 0 Å². The zero-order valence-electron chi connectivity index (χ0n) is 10.0. The highest BCUT2D eigenvalue weighted by Crippen LogP contribution is 2.17. The number of ether oxygens (including phenoxy) is 1. The molecule has 0 bridgehead atoms. The van der Waals surface area contributed by atoms with Crippen LogP contribution in [-0.4, -0.2) is 62.1 Å². The smallest absolute Gasteiger partial charge is 0.248 e. The van der Waals surface area contributed by atoms with E-state index in [0.29, 0.717) is 6.04 Å². The number of carbonyl (C=O) groups is 1. The zero-order chi connectivity index (χ0) is 11.3. The van der Waals surface area contributed by atoms with Crippen molar-refractivity contribution in [1.29, 1.82) is 0 Å². The Kier molecular flexibility index (Phi) is 5.05. The van der Waals surface area contributed by atoms with Crippen molar-refractivity contribution >= 4 is 5.91 Å². The standard InChI is InChI=1S/C11H22N2O2/c1-4-13-7-5-6-10(13)8-12(2)11(14)9-15-3/h10H,4-9H2,1-3H3. The van der Waals surface area contributed by atoms with E-state index in [-0.39, 0.29) is 12.5 Å². The van der Waals surface area contributed by atoms with Gasteiger partial charge in [-0.25, -0.2) is 0 Å². The SMILES string of the molecule is CCN1CCCC1CN(C)C(=O)COC. The zero-order valence-corrected chi connectivity index (χ0v) is 10.0. The maximum atomic E-state index is 11.5. The minimum absolute atomic E-state index is 0.0699. The summed E-state index contributed by atoms with van der Waals surface area (Å²) < 4.78 is 4.84. The summed E-state index contributed by atoms with van der Waals surface area (Å²) in [5.41, 5.74) is 0. The predicted molar refractivity (Wildman–Crippen MR) is 59.8 cm³/mol. The molecule has 1 rings (SSSR count). The van der Waals surface area contributed by atoms with Crippen molar-refractivity contribution in [3.05, 3.63) is 0 Å². The summed E-state index contributed by atoms with van der Waals surface area (Å²) >= 11 is 0. The average molecular weight is 214 g/mol. The molecule has 1 aliphatic rings. The number of hydrogen-bond donors (Lipinski definition) is 0. The summed E-state index contributed by atoms with van der Waals surface area (Å²) in [5, 5.41) is 0. The quantitative estimate of drug-likeness (QED) is 0.671. The first kappa shape index (κ1) is 12.5.